The number of rotatable bonds is 1. The van der Waals surface area contributed by atoms with Gasteiger partial charge in [0.1, 0.15) is 5.60 Å². The highest BCUT2D eigenvalue weighted by Crippen LogP contribution is 2.37. The molecule has 0 aliphatic carbocycles. The number of hydrogen-bond acceptors (Lipinski definition) is 4. The Bertz CT molecular complexity index is 491. The zero-order valence-electron chi connectivity index (χ0n) is 15.7. The molecule has 0 unspecified atom stereocenters. The first-order chi connectivity index (χ1) is 10.3. The molecule has 2 rings (SSSR count). The van der Waals surface area contributed by atoms with Crippen LogP contribution < -0.4 is 0 Å². The van der Waals surface area contributed by atoms with E-state index in [1.807, 2.05) is 61.4 Å². The van der Waals surface area contributed by atoms with E-state index >= 15 is 0 Å². The van der Waals surface area contributed by atoms with Gasteiger partial charge in [0, 0.05) is 12.6 Å². The Morgan fingerprint density at radius 1 is 1.26 bits per heavy atom. The Kier molecular flexibility index (Phi) is 4.64. The highest BCUT2D eigenvalue weighted by atomic mass is 16.7. The average molecular weight is 323 g/mol. The summed E-state index contributed by atoms with van der Waals surface area (Å²) in [5, 5.41) is 0. The lowest BCUT2D eigenvalue weighted by atomic mass is 9.86. The second-order valence-corrected chi connectivity index (χ2v) is 8.61. The first kappa shape index (κ1) is 18.3. The van der Waals surface area contributed by atoms with Gasteiger partial charge in [-0.25, -0.2) is 4.79 Å². The zero-order chi connectivity index (χ0) is 17.6. The number of nitrogens with zero attached hydrogens (tertiary/aromatic N) is 1. The van der Waals surface area contributed by atoms with E-state index in [9.17, 15) is 4.79 Å². The van der Waals surface area contributed by atoms with E-state index < -0.39 is 5.60 Å². The van der Waals surface area contributed by atoms with E-state index in [-0.39, 0.29) is 30.5 Å². The van der Waals surface area contributed by atoms with Gasteiger partial charge in [-0.05, 0) is 61.8 Å². The van der Waals surface area contributed by atoms with Crippen molar-refractivity contribution in [2.45, 2.75) is 84.7 Å². The minimum atomic E-state index is -0.477. The molecule has 2 fully saturated rings. The maximum absolute atomic E-state index is 12.3. The summed E-state index contributed by atoms with van der Waals surface area (Å²) in [4.78, 5) is 14.0. The van der Waals surface area contributed by atoms with Gasteiger partial charge in [0.15, 0.2) is 0 Å². The molecule has 2 heterocycles. The predicted molar refractivity (Wildman–Crippen MR) is 91.2 cm³/mol. The molecule has 2 aliphatic rings. The third-order valence-corrected chi connectivity index (χ3v) is 4.73. The van der Waals surface area contributed by atoms with Crippen molar-refractivity contribution in [1.82, 2.24) is 4.90 Å². The van der Waals surface area contributed by atoms with Gasteiger partial charge in [-0.1, -0.05) is 11.5 Å². The monoisotopic (exact) mass is 323 g/mol. The van der Waals surface area contributed by atoms with Gasteiger partial charge in [0.2, 0.25) is 0 Å². The molecule has 0 radical (unpaired) electrons. The molecular weight excluding hydrogens is 293 g/mol. The molecular formula is C17H30BNO4. The van der Waals surface area contributed by atoms with Crippen molar-refractivity contribution in [2.75, 3.05) is 6.54 Å². The van der Waals surface area contributed by atoms with Crippen LogP contribution in [0.3, 0.4) is 0 Å². The Labute approximate surface area is 140 Å². The van der Waals surface area contributed by atoms with Gasteiger partial charge in [0.25, 0.3) is 0 Å². The number of ether oxygens (including phenoxy) is 1. The fourth-order valence-electron chi connectivity index (χ4n) is 2.76. The summed E-state index contributed by atoms with van der Waals surface area (Å²) in [5.74, 6) is 2.01. The van der Waals surface area contributed by atoms with Crippen LogP contribution >= 0.6 is 0 Å². The molecule has 0 aromatic heterocycles. The lowest BCUT2D eigenvalue weighted by molar-refractivity contribution is 0.00578. The van der Waals surface area contributed by atoms with E-state index in [0.29, 0.717) is 6.54 Å². The summed E-state index contributed by atoms with van der Waals surface area (Å²) in [6, 6.07) is 0.124. The molecule has 0 saturated carbocycles. The van der Waals surface area contributed by atoms with E-state index in [0.717, 1.165) is 12.0 Å². The standard InChI is InChI=1S/C17H30BNO4/c1-12-9-13(11-19(12)14(20)21-15(2,3)4)10-18-22-16(5,6)17(7,8)23-18/h10,12H,9,11H2,1-8H3/b13-10+/t12-/m0/s1. The van der Waals surface area contributed by atoms with Crippen LogP contribution in [0, 0.1) is 0 Å². The van der Waals surface area contributed by atoms with Gasteiger partial charge >= 0.3 is 13.2 Å². The maximum atomic E-state index is 12.3. The van der Waals surface area contributed by atoms with Crippen LogP contribution in [-0.2, 0) is 14.0 Å². The molecule has 2 aliphatic heterocycles. The molecule has 0 aromatic rings. The number of carbonyl (C=O) groups excluding carboxylic acids is 1. The highest BCUT2D eigenvalue weighted by Gasteiger charge is 2.50. The quantitative estimate of drug-likeness (QED) is 0.692. The van der Waals surface area contributed by atoms with Gasteiger partial charge in [-0.2, -0.15) is 0 Å². The van der Waals surface area contributed by atoms with Crippen LogP contribution in [0.1, 0.15) is 61.8 Å². The molecule has 1 atom stereocenters. The first-order valence-corrected chi connectivity index (χ1v) is 8.35. The molecule has 0 bridgehead atoms. The van der Waals surface area contributed by atoms with Crippen LogP contribution in [0.15, 0.2) is 11.5 Å². The largest absolute Gasteiger partial charge is 0.487 e. The van der Waals surface area contributed by atoms with Crippen LogP contribution in [0.4, 0.5) is 4.79 Å². The second-order valence-electron chi connectivity index (χ2n) is 8.61. The molecule has 2 saturated heterocycles. The summed E-state index contributed by atoms with van der Waals surface area (Å²) >= 11 is 0. The highest BCUT2D eigenvalue weighted by molar-refractivity contribution is 6.51. The normalized spacial score (nSPS) is 28.5. The molecule has 1 amide bonds. The maximum Gasteiger partial charge on any atom is 0.487 e. The predicted octanol–water partition coefficient (Wildman–Crippen LogP) is 3.57. The number of carbonyl (C=O) groups is 1. The summed E-state index contributed by atoms with van der Waals surface area (Å²) in [7, 11) is -0.360. The Morgan fingerprint density at radius 3 is 2.26 bits per heavy atom. The molecule has 0 aromatic carbocycles. The van der Waals surface area contributed by atoms with Crippen molar-refractivity contribution < 1.29 is 18.8 Å². The Morgan fingerprint density at radius 2 is 1.78 bits per heavy atom. The van der Waals surface area contributed by atoms with Crippen molar-refractivity contribution in [2.24, 2.45) is 0 Å². The van der Waals surface area contributed by atoms with Crippen LogP contribution in [-0.4, -0.2) is 47.5 Å². The smallest absolute Gasteiger partial charge is 0.444 e. The number of hydrogen-bond donors (Lipinski definition) is 0. The molecule has 5 nitrogen and oxygen atoms in total. The number of likely N-dealkylation sites (tertiary alicyclic amines) is 1. The van der Waals surface area contributed by atoms with Crippen molar-refractivity contribution in [3.8, 4) is 0 Å². The minimum absolute atomic E-state index is 0.124. The molecule has 23 heavy (non-hydrogen) atoms. The Balaban J connectivity index is 2.03. The molecule has 6 heteroatoms. The Hall–Kier alpha value is -1.01. The van der Waals surface area contributed by atoms with Gasteiger partial charge in [-0.3, -0.25) is 0 Å². The summed E-state index contributed by atoms with van der Waals surface area (Å²) in [6.45, 7) is 16.4. The van der Waals surface area contributed by atoms with E-state index in [1.54, 1.807) is 4.90 Å². The van der Waals surface area contributed by atoms with Gasteiger partial charge in [-0.15, -0.1) is 0 Å². The zero-order valence-corrected chi connectivity index (χ0v) is 15.7. The third kappa shape index (κ3) is 4.10. The first-order valence-electron chi connectivity index (χ1n) is 8.35. The lowest BCUT2D eigenvalue weighted by Crippen LogP contribution is -2.41. The SMILES string of the molecule is C[C@H]1C/C(=C\B2OC(C)(C)C(C)(C)O2)CN1C(=O)OC(C)(C)C. The van der Waals surface area contributed by atoms with Crippen molar-refractivity contribution in [3.63, 3.8) is 0 Å². The minimum Gasteiger partial charge on any atom is -0.444 e. The van der Waals surface area contributed by atoms with Crippen molar-refractivity contribution >= 4 is 13.2 Å². The fraction of sp³-hybridized carbons (Fsp3) is 0.824. The third-order valence-electron chi connectivity index (χ3n) is 4.73. The van der Waals surface area contributed by atoms with Crippen LogP contribution in [0.25, 0.3) is 0 Å². The summed E-state index contributed by atoms with van der Waals surface area (Å²) < 4.78 is 17.5. The average Bonchev–Trinajstić information content (AvgIpc) is 2.74. The summed E-state index contributed by atoms with van der Waals surface area (Å²) in [6.07, 6.45) is 0.561. The van der Waals surface area contributed by atoms with Crippen molar-refractivity contribution in [3.05, 3.63) is 11.5 Å². The topological polar surface area (TPSA) is 48.0 Å². The van der Waals surface area contributed by atoms with Gasteiger partial charge in [0.05, 0.1) is 11.2 Å². The van der Waals surface area contributed by atoms with Gasteiger partial charge < -0.3 is 18.9 Å². The van der Waals surface area contributed by atoms with E-state index in [4.69, 9.17) is 14.0 Å². The van der Waals surface area contributed by atoms with E-state index in [2.05, 4.69) is 0 Å². The second kappa shape index (κ2) is 5.81. The molecule has 0 spiro atoms. The van der Waals surface area contributed by atoms with Crippen LogP contribution in [0.2, 0.25) is 0 Å². The van der Waals surface area contributed by atoms with E-state index in [1.165, 1.54) is 0 Å². The lowest BCUT2D eigenvalue weighted by Gasteiger charge is -2.32. The molecule has 0 N–H and O–H groups in total. The fourth-order valence-corrected chi connectivity index (χ4v) is 2.76. The van der Waals surface area contributed by atoms with Crippen LogP contribution in [0.5, 0.6) is 0 Å². The van der Waals surface area contributed by atoms with Crippen molar-refractivity contribution in [1.29, 1.82) is 0 Å². The summed E-state index contributed by atoms with van der Waals surface area (Å²) in [5.41, 5.74) is -0.00960. The molecule has 130 valence electrons. The number of amides is 1.